The number of carbonyl (C=O) groups is 2. The van der Waals surface area contributed by atoms with E-state index in [0.29, 0.717) is 13.0 Å². The maximum absolute atomic E-state index is 13.6. The van der Waals surface area contributed by atoms with E-state index in [1.165, 1.54) is 23.1 Å². The normalized spacial score (nSPS) is 12.1. The molecule has 0 aliphatic rings. The lowest BCUT2D eigenvalue weighted by atomic mass is 10.1. The number of halogens is 2. The van der Waals surface area contributed by atoms with Gasteiger partial charge in [0.15, 0.2) is 0 Å². The largest absolute Gasteiger partial charge is 0.354 e. The third kappa shape index (κ3) is 7.89. The van der Waals surface area contributed by atoms with E-state index in [1.807, 2.05) is 44.2 Å². The van der Waals surface area contributed by atoms with Gasteiger partial charge in [-0.15, -0.1) is 0 Å². The number of rotatable bonds is 12. The smallest absolute Gasteiger partial charge is 0.244 e. The first-order valence-electron chi connectivity index (χ1n) is 11.1. The van der Waals surface area contributed by atoms with Crippen molar-refractivity contribution in [2.45, 2.75) is 45.7 Å². The van der Waals surface area contributed by atoms with Crippen molar-refractivity contribution in [1.82, 2.24) is 10.2 Å². The Morgan fingerprint density at radius 2 is 1.74 bits per heavy atom. The van der Waals surface area contributed by atoms with E-state index >= 15 is 0 Å². The standard InChI is InChI=1S/C24H31Cl2N3O4S/c1-4-6-14-27-24(31)21(5-2)28(16-18-10-8-7-9-11-18)23(30)17-29(34(3,32)33)22-15-19(25)12-13-20(22)26/h7-13,15,21H,4-6,14,16-17H2,1-3H3,(H,27,31)/t21-/m0/s1. The highest BCUT2D eigenvalue weighted by Gasteiger charge is 2.32. The van der Waals surface area contributed by atoms with Crippen LogP contribution in [0.1, 0.15) is 38.7 Å². The van der Waals surface area contributed by atoms with Crippen molar-refractivity contribution in [3.63, 3.8) is 0 Å². The number of hydrogen-bond donors (Lipinski definition) is 1. The maximum Gasteiger partial charge on any atom is 0.244 e. The summed E-state index contributed by atoms with van der Waals surface area (Å²) in [7, 11) is -3.89. The second-order valence-corrected chi connectivity index (χ2v) is 10.7. The van der Waals surface area contributed by atoms with E-state index in [4.69, 9.17) is 23.2 Å². The molecule has 2 rings (SSSR count). The molecule has 0 bridgehead atoms. The Morgan fingerprint density at radius 1 is 1.06 bits per heavy atom. The summed E-state index contributed by atoms with van der Waals surface area (Å²) in [6.45, 7) is 3.98. The Balaban J connectivity index is 2.41. The third-order valence-electron chi connectivity index (χ3n) is 5.27. The molecule has 10 heteroatoms. The Morgan fingerprint density at radius 3 is 2.32 bits per heavy atom. The van der Waals surface area contributed by atoms with E-state index in [2.05, 4.69) is 5.32 Å². The summed E-state index contributed by atoms with van der Waals surface area (Å²) in [5.74, 6) is -0.797. The molecule has 0 saturated carbocycles. The van der Waals surface area contributed by atoms with Crippen LogP contribution >= 0.6 is 23.2 Å². The van der Waals surface area contributed by atoms with Crippen LogP contribution in [0.2, 0.25) is 10.0 Å². The van der Waals surface area contributed by atoms with Gasteiger partial charge in [-0.2, -0.15) is 0 Å². The Kier molecular flexibility index (Phi) is 10.7. The van der Waals surface area contributed by atoms with Crippen LogP contribution in [0.15, 0.2) is 48.5 Å². The topological polar surface area (TPSA) is 86.8 Å². The zero-order chi connectivity index (χ0) is 25.3. The van der Waals surface area contributed by atoms with Gasteiger partial charge in [0.1, 0.15) is 12.6 Å². The van der Waals surface area contributed by atoms with Crippen LogP contribution in [0.3, 0.4) is 0 Å². The second kappa shape index (κ2) is 13.0. The second-order valence-electron chi connectivity index (χ2n) is 7.94. The zero-order valence-corrected chi connectivity index (χ0v) is 22.0. The molecule has 2 amide bonds. The highest BCUT2D eigenvalue weighted by atomic mass is 35.5. The minimum atomic E-state index is -3.89. The number of amides is 2. The number of nitrogens with one attached hydrogen (secondary N) is 1. The number of nitrogens with zero attached hydrogens (tertiary/aromatic N) is 2. The molecule has 0 aromatic heterocycles. The van der Waals surface area contributed by atoms with Gasteiger partial charge in [-0.1, -0.05) is 73.8 Å². The van der Waals surface area contributed by atoms with Crippen molar-refractivity contribution in [3.8, 4) is 0 Å². The van der Waals surface area contributed by atoms with E-state index in [1.54, 1.807) is 0 Å². The predicted molar refractivity (Wildman–Crippen MR) is 138 cm³/mol. The summed E-state index contributed by atoms with van der Waals surface area (Å²) < 4.78 is 26.2. The quantitative estimate of drug-likeness (QED) is 0.412. The first-order chi connectivity index (χ1) is 16.1. The molecule has 0 aliphatic carbocycles. The summed E-state index contributed by atoms with van der Waals surface area (Å²) in [6, 6.07) is 12.9. The molecule has 0 radical (unpaired) electrons. The van der Waals surface area contributed by atoms with E-state index in [9.17, 15) is 18.0 Å². The molecule has 0 heterocycles. The van der Waals surface area contributed by atoms with Gasteiger partial charge in [0.25, 0.3) is 0 Å². The molecule has 0 saturated heterocycles. The fourth-order valence-electron chi connectivity index (χ4n) is 3.48. The van der Waals surface area contributed by atoms with Gasteiger partial charge in [-0.05, 0) is 36.6 Å². The minimum absolute atomic E-state index is 0.102. The van der Waals surface area contributed by atoms with Crippen LogP contribution in [0.25, 0.3) is 0 Å². The van der Waals surface area contributed by atoms with Crippen molar-refractivity contribution >= 4 is 50.7 Å². The Hall–Kier alpha value is -2.29. The number of unbranched alkanes of at least 4 members (excludes halogenated alkanes) is 1. The summed E-state index contributed by atoms with van der Waals surface area (Å²) in [5.41, 5.74) is 0.924. The van der Waals surface area contributed by atoms with Crippen LogP contribution in [-0.4, -0.2) is 50.5 Å². The first-order valence-corrected chi connectivity index (χ1v) is 13.7. The van der Waals surface area contributed by atoms with Gasteiger partial charge in [-0.25, -0.2) is 8.42 Å². The first kappa shape index (κ1) is 28.0. The summed E-state index contributed by atoms with van der Waals surface area (Å²) in [6.07, 6.45) is 3.11. The van der Waals surface area contributed by atoms with Crippen LogP contribution < -0.4 is 9.62 Å². The number of anilines is 1. The van der Waals surface area contributed by atoms with Crippen molar-refractivity contribution in [1.29, 1.82) is 0 Å². The fourth-order valence-corrected chi connectivity index (χ4v) is 4.77. The van der Waals surface area contributed by atoms with Gasteiger partial charge in [0.05, 0.1) is 17.0 Å². The minimum Gasteiger partial charge on any atom is -0.354 e. The van der Waals surface area contributed by atoms with E-state index < -0.39 is 28.5 Å². The molecule has 2 aromatic rings. The number of hydrogen-bond acceptors (Lipinski definition) is 4. The molecule has 7 nitrogen and oxygen atoms in total. The molecule has 186 valence electrons. The highest BCUT2D eigenvalue weighted by Crippen LogP contribution is 2.31. The monoisotopic (exact) mass is 527 g/mol. The van der Waals surface area contributed by atoms with Crippen molar-refractivity contribution in [2.75, 3.05) is 23.7 Å². The zero-order valence-electron chi connectivity index (χ0n) is 19.6. The average molecular weight is 529 g/mol. The number of sulfonamides is 1. The van der Waals surface area contributed by atoms with Gasteiger partial charge in [0.2, 0.25) is 21.8 Å². The molecule has 0 aliphatic heterocycles. The molecular formula is C24H31Cl2N3O4S. The van der Waals surface area contributed by atoms with Crippen molar-refractivity contribution in [3.05, 3.63) is 64.1 Å². The van der Waals surface area contributed by atoms with Crippen LogP contribution in [0.5, 0.6) is 0 Å². The van der Waals surface area contributed by atoms with E-state index in [-0.39, 0.29) is 28.2 Å². The van der Waals surface area contributed by atoms with Crippen LogP contribution in [0.4, 0.5) is 5.69 Å². The molecule has 0 unspecified atom stereocenters. The molecule has 1 atom stereocenters. The molecular weight excluding hydrogens is 497 g/mol. The van der Waals surface area contributed by atoms with Crippen molar-refractivity contribution in [2.24, 2.45) is 0 Å². The maximum atomic E-state index is 13.6. The average Bonchev–Trinajstić information content (AvgIpc) is 2.79. The SMILES string of the molecule is CCCCNC(=O)[C@H](CC)N(Cc1ccccc1)C(=O)CN(c1cc(Cl)ccc1Cl)S(C)(=O)=O. The highest BCUT2D eigenvalue weighted by molar-refractivity contribution is 7.92. The molecule has 1 N–H and O–H groups in total. The van der Waals surface area contributed by atoms with Gasteiger partial charge in [0, 0.05) is 18.1 Å². The Bertz CT molecular complexity index is 1080. The molecule has 0 fully saturated rings. The fraction of sp³-hybridized carbons (Fsp3) is 0.417. The number of benzene rings is 2. The van der Waals surface area contributed by atoms with Gasteiger partial charge in [-0.3, -0.25) is 13.9 Å². The third-order valence-corrected chi connectivity index (χ3v) is 6.95. The predicted octanol–water partition coefficient (Wildman–Crippen LogP) is 4.48. The van der Waals surface area contributed by atoms with Crippen molar-refractivity contribution < 1.29 is 18.0 Å². The van der Waals surface area contributed by atoms with Gasteiger partial charge >= 0.3 is 0 Å². The van der Waals surface area contributed by atoms with Crippen LogP contribution in [0, 0.1) is 0 Å². The molecule has 34 heavy (non-hydrogen) atoms. The Labute approximate surface area is 212 Å². The summed E-state index contributed by atoms with van der Waals surface area (Å²) in [4.78, 5) is 28.0. The summed E-state index contributed by atoms with van der Waals surface area (Å²) in [5, 5.41) is 3.31. The lowest BCUT2D eigenvalue weighted by Crippen LogP contribution is -2.52. The molecule has 2 aromatic carbocycles. The lowest BCUT2D eigenvalue weighted by Gasteiger charge is -2.33. The van der Waals surface area contributed by atoms with E-state index in [0.717, 1.165) is 29.0 Å². The molecule has 0 spiro atoms. The van der Waals surface area contributed by atoms with Gasteiger partial charge < -0.3 is 10.2 Å². The van der Waals surface area contributed by atoms with Crippen LogP contribution in [-0.2, 0) is 26.2 Å². The summed E-state index contributed by atoms with van der Waals surface area (Å²) >= 11 is 12.3. The number of carbonyl (C=O) groups excluding carboxylic acids is 2. The lowest BCUT2D eigenvalue weighted by molar-refractivity contribution is -0.140.